The predicted molar refractivity (Wildman–Crippen MR) is 101 cm³/mol. The standard InChI is InChI=1S/C19H28N4OS/c1-4-5-9-22-11-8-20-17(22)15-7-6-10-23(12-15)19(24)18-21-16(13-25-18)14(2)3/h8,11,13-15H,4-7,9-10,12H2,1-3H3/t15-/m1/s1. The van der Waals surface area contributed by atoms with Crippen LogP contribution in [0.4, 0.5) is 0 Å². The molecule has 1 aliphatic rings. The molecule has 1 atom stereocenters. The number of carbonyl (C=O) groups is 1. The molecule has 1 fully saturated rings. The molecule has 0 spiro atoms. The van der Waals surface area contributed by atoms with Gasteiger partial charge in [-0.3, -0.25) is 4.79 Å². The van der Waals surface area contributed by atoms with E-state index in [1.54, 1.807) is 0 Å². The fraction of sp³-hybridized carbons (Fsp3) is 0.632. The molecule has 0 unspecified atom stereocenters. The molecule has 1 aliphatic heterocycles. The van der Waals surface area contributed by atoms with Gasteiger partial charge < -0.3 is 9.47 Å². The van der Waals surface area contributed by atoms with E-state index in [9.17, 15) is 4.79 Å². The summed E-state index contributed by atoms with van der Waals surface area (Å²) in [6, 6.07) is 0. The van der Waals surface area contributed by atoms with Crippen molar-refractivity contribution < 1.29 is 4.79 Å². The van der Waals surface area contributed by atoms with E-state index in [4.69, 9.17) is 0 Å². The van der Waals surface area contributed by atoms with Crippen molar-refractivity contribution in [1.29, 1.82) is 0 Å². The van der Waals surface area contributed by atoms with Gasteiger partial charge in [0.15, 0.2) is 5.01 Å². The summed E-state index contributed by atoms with van der Waals surface area (Å²) in [6.07, 6.45) is 8.43. The van der Waals surface area contributed by atoms with Crippen LogP contribution in [0.3, 0.4) is 0 Å². The van der Waals surface area contributed by atoms with Gasteiger partial charge in [0, 0.05) is 43.3 Å². The Morgan fingerprint density at radius 3 is 3.00 bits per heavy atom. The number of rotatable bonds is 6. The highest BCUT2D eigenvalue weighted by Crippen LogP contribution is 2.28. The molecule has 25 heavy (non-hydrogen) atoms. The zero-order valence-corrected chi connectivity index (χ0v) is 16.3. The van der Waals surface area contributed by atoms with Gasteiger partial charge in [0.1, 0.15) is 5.82 Å². The van der Waals surface area contributed by atoms with Crippen LogP contribution in [0.15, 0.2) is 17.8 Å². The van der Waals surface area contributed by atoms with Gasteiger partial charge in [-0.05, 0) is 25.2 Å². The van der Waals surface area contributed by atoms with Crippen LogP contribution >= 0.6 is 11.3 Å². The van der Waals surface area contributed by atoms with Gasteiger partial charge in [0.05, 0.1) is 5.69 Å². The number of hydrogen-bond donors (Lipinski definition) is 0. The van der Waals surface area contributed by atoms with Gasteiger partial charge >= 0.3 is 0 Å². The van der Waals surface area contributed by atoms with Gasteiger partial charge in [-0.25, -0.2) is 9.97 Å². The highest BCUT2D eigenvalue weighted by molar-refractivity contribution is 7.11. The number of piperidine rings is 1. The number of nitrogens with zero attached hydrogens (tertiary/aromatic N) is 4. The van der Waals surface area contributed by atoms with Crippen molar-refractivity contribution in [2.75, 3.05) is 13.1 Å². The Hall–Kier alpha value is -1.69. The van der Waals surface area contributed by atoms with Gasteiger partial charge in [-0.2, -0.15) is 0 Å². The number of carbonyl (C=O) groups excluding carboxylic acids is 1. The van der Waals surface area contributed by atoms with Crippen molar-refractivity contribution >= 4 is 17.2 Å². The summed E-state index contributed by atoms with van der Waals surface area (Å²) in [6.45, 7) is 9.00. The monoisotopic (exact) mass is 360 g/mol. The van der Waals surface area contributed by atoms with Crippen LogP contribution in [0, 0.1) is 0 Å². The Balaban J connectivity index is 1.70. The first-order chi connectivity index (χ1) is 12.1. The van der Waals surface area contributed by atoms with E-state index in [2.05, 4.69) is 41.5 Å². The quantitative estimate of drug-likeness (QED) is 0.772. The Labute approximate surface area is 154 Å². The highest BCUT2D eigenvalue weighted by atomic mass is 32.1. The van der Waals surface area contributed by atoms with Crippen LogP contribution in [0.25, 0.3) is 0 Å². The molecule has 136 valence electrons. The second kappa shape index (κ2) is 8.13. The maximum absolute atomic E-state index is 12.9. The number of unbranched alkanes of at least 4 members (excludes halogenated alkanes) is 1. The SMILES string of the molecule is CCCCn1ccnc1[C@@H]1CCCN(C(=O)c2nc(C(C)C)cs2)C1. The van der Waals surface area contributed by atoms with Crippen LogP contribution in [-0.2, 0) is 6.54 Å². The fourth-order valence-corrected chi connectivity index (χ4v) is 4.30. The molecule has 2 aromatic rings. The zero-order chi connectivity index (χ0) is 17.8. The van der Waals surface area contributed by atoms with E-state index >= 15 is 0 Å². The minimum Gasteiger partial charge on any atom is -0.336 e. The molecule has 6 heteroatoms. The third kappa shape index (κ3) is 4.11. The second-order valence-electron chi connectivity index (χ2n) is 7.15. The van der Waals surface area contributed by atoms with Gasteiger partial charge in [-0.1, -0.05) is 27.2 Å². The normalized spacial score (nSPS) is 18.1. The van der Waals surface area contributed by atoms with Crippen molar-refractivity contribution in [3.63, 3.8) is 0 Å². The van der Waals surface area contributed by atoms with E-state index in [0.29, 0.717) is 16.8 Å². The number of aromatic nitrogens is 3. The maximum atomic E-state index is 12.9. The van der Waals surface area contributed by atoms with Crippen molar-refractivity contribution in [2.45, 2.75) is 64.8 Å². The lowest BCUT2D eigenvalue weighted by molar-refractivity contribution is 0.0702. The summed E-state index contributed by atoms with van der Waals surface area (Å²) >= 11 is 1.47. The smallest absolute Gasteiger partial charge is 0.282 e. The first-order valence-corrected chi connectivity index (χ1v) is 10.2. The molecule has 0 aliphatic carbocycles. The lowest BCUT2D eigenvalue weighted by atomic mass is 9.97. The van der Waals surface area contributed by atoms with Crippen LogP contribution in [-0.4, -0.2) is 38.4 Å². The Morgan fingerprint density at radius 2 is 2.28 bits per heavy atom. The summed E-state index contributed by atoms with van der Waals surface area (Å²) in [7, 11) is 0. The number of amides is 1. The van der Waals surface area contributed by atoms with E-state index in [1.807, 2.05) is 16.5 Å². The van der Waals surface area contributed by atoms with Gasteiger partial charge in [0.25, 0.3) is 5.91 Å². The van der Waals surface area contributed by atoms with E-state index in [1.165, 1.54) is 17.8 Å². The first-order valence-electron chi connectivity index (χ1n) is 9.35. The van der Waals surface area contributed by atoms with Crippen molar-refractivity contribution in [3.05, 3.63) is 34.3 Å². The Bertz CT molecular complexity index is 706. The fourth-order valence-electron chi connectivity index (χ4n) is 3.36. The molecule has 3 rings (SSSR count). The molecule has 2 aromatic heterocycles. The van der Waals surface area contributed by atoms with Crippen LogP contribution < -0.4 is 0 Å². The van der Waals surface area contributed by atoms with E-state index in [0.717, 1.165) is 50.4 Å². The molecule has 0 saturated carbocycles. The van der Waals surface area contributed by atoms with Crippen LogP contribution in [0.5, 0.6) is 0 Å². The number of aryl methyl sites for hydroxylation is 1. The molecule has 1 saturated heterocycles. The molecular formula is C19H28N4OS. The summed E-state index contributed by atoms with van der Waals surface area (Å²) < 4.78 is 2.27. The number of likely N-dealkylation sites (tertiary alicyclic amines) is 1. The minimum absolute atomic E-state index is 0.0771. The molecule has 0 N–H and O–H groups in total. The van der Waals surface area contributed by atoms with E-state index < -0.39 is 0 Å². The van der Waals surface area contributed by atoms with Crippen molar-refractivity contribution in [3.8, 4) is 0 Å². The zero-order valence-electron chi connectivity index (χ0n) is 15.4. The average molecular weight is 361 g/mol. The maximum Gasteiger partial charge on any atom is 0.282 e. The number of imidazole rings is 1. The number of thiazole rings is 1. The average Bonchev–Trinajstić information content (AvgIpc) is 3.28. The third-order valence-electron chi connectivity index (χ3n) is 4.87. The summed E-state index contributed by atoms with van der Waals surface area (Å²) in [5.74, 6) is 1.90. The van der Waals surface area contributed by atoms with Crippen LogP contribution in [0.2, 0.25) is 0 Å². The Kier molecular flexibility index (Phi) is 5.89. The Morgan fingerprint density at radius 1 is 1.44 bits per heavy atom. The molecule has 0 radical (unpaired) electrons. The number of hydrogen-bond acceptors (Lipinski definition) is 4. The van der Waals surface area contributed by atoms with Gasteiger partial charge in [-0.15, -0.1) is 11.3 Å². The molecule has 3 heterocycles. The van der Waals surface area contributed by atoms with Gasteiger partial charge in [0.2, 0.25) is 0 Å². The van der Waals surface area contributed by atoms with Crippen molar-refractivity contribution in [2.24, 2.45) is 0 Å². The summed E-state index contributed by atoms with van der Waals surface area (Å²) in [5, 5.41) is 2.63. The van der Waals surface area contributed by atoms with E-state index in [-0.39, 0.29) is 5.91 Å². The van der Waals surface area contributed by atoms with Crippen molar-refractivity contribution in [1.82, 2.24) is 19.4 Å². The minimum atomic E-state index is 0.0771. The lowest BCUT2D eigenvalue weighted by Crippen LogP contribution is -2.39. The molecule has 5 nitrogen and oxygen atoms in total. The molecule has 0 aromatic carbocycles. The summed E-state index contributed by atoms with van der Waals surface area (Å²) in [4.78, 5) is 24.0. The molecular weight excluding hydrogens is 332 g/mol. The third-order valence-corrected chi connectivity index (χ3v) is 5.72. The molecule has 0 bridgehead atoms. The van der Waals surface area contributed by atoms with Crippen LogP contribution in [0.1, 0.15) is 79.6 Å². The largest absolute Gasteiger partial charge is 0.336 e. The molecule has 1 amide bonds. The highest BCUT2D eigenvalue weighted by Gasteiger charge is 2.29. The predicted octanol–water partition coefficient (Wildman–Crippen LogP) is 4.28. The second-order valence-corrected chi connectivity index (χ2v) is 8.01. The first kappa shape index (κ1) is 18.1. The topological polar surface area (TPSA) is 51.0 Å². The lowest BCUT2D eigenvalue weighted by Gasteiger charge is -2.32. The summed E-state index contributed by atoms with van der Waals surface area (Å²) in [5.41, 5.74) is 1.01.